The van der Waals surface area contributed by atoms with Crippen LogP contribution >= 0.6 is 11.8 Å². The molecule has 1 aliphatic heterocycles. The average molecular weight is 507 g/mol. The molecule has 0 fully saturated rings. The van der Waals surface area contributed by atoms with Gasteiger partial charge in [0, 0.05) is 35.1 Å². The molecule has 1 atom stereocenters. The summed E-state index contributed by atoms with van der Waals surface area (Å²) >= 11 is 1.17. The number of Topliss-reactive ketones (excluding diaryl/α,β-unsaturated/α-hetero) is 1. The van der Waals surface area contributed by atoms with Gasteiger partial charge < -0.3 is 10.3 Å². The van der Waals surface area contributed by atoms with Gasteiger partial charge in [0.1, 0.15) is 11.6 Å². The molecule has 36 heavy (non-hydrogen) atoms. The van der Waals surface area contributed by atoms with Gasteiger partial charge in [-0.05, 0) is 23.5 Å². The van der Waals surface area contributed by atoms with Gasteiger partial charge in [-0.25, -0.2) is 9.37 Å². The van der Waals surface area contributed by atoms with Gasteiger partial charge in [-0.2, -0.15) is 0 Å². The standard InChI is InChI=1S/C26H23FN4O4S/c1-26(2)11-17-21(19(32)12-26)20(15-8-4-6-10-18(15)31(34)35)22-23(28-17)29-25(30-24(22)33)36-13-14-7-3-5-9-16(14)27/h3-10,20H,11-13H2,1-2H3,(H2,28,29,30,33)/t20-/m1/s1. The average Bonchev–Trinajstić information content (AvgIpc) is 2.81. The number of carbonyl (C=O) groups is 1. The molecule has 0 saturated heterocycles. The van der Waals surface area contributed by atoms with Crippen LogP contribution in [-0.4, -0.2) is 20.7 Å². The van der Waals surface area contributed by atoms with Crippen molar-refractivity contribution in [2.45, 2.75) is 43.5 Å². The maximum atomic E-state index is 14.1. The Balaban J connectivity index is 1.64. The van der Waals surface area contributed by atoms with Crippen LogP contribution < -0.4 is 10.9 Å². The summed E-state index contributed by atoms with van der Waals surface area (Å²) in [4.78, 5) is 45.4. The van der Waals surface area contributed by atoms with Crippen molar-refractivity contribution in [2.24, 2.45) is 5.41 Å². The number of nitro benzene ring substituents is 1. The number of anilines is 1. The molecule has 8 nitrogen and oxygen atoms in total. The fraction of sp³-hybridized carbons (Fsp3) is 0.269. The molecule has 2 N–H and O–H groups in total. The molecule has 5 rings (SSSR count). The van der Waals surface area contributed by atoms with E-state index >= 15 is 0 Å². The number of para-hydroxylation sites is 1. The van der Waals surface area contributed by atoms with E-state index in [9.17, 15) is 24.1 Å². The molecule has 10 heteroatoms. The second-order valence-electron chi connectivity index (χ2n) is 9.72. The van der Waals surface area contributed by atoms with Crippen molar-refractivity contribution < 1.29 is 14.1 Å². The van der Waals surface area contributed by atoms with E-state index < -0.39 is 16.4 Å². The minimum absolute atomic E-state index is 0.153. The second kappa shape index (κ2) is 9.02. The van der Waals surface area contributed by atoms with Crippen molar-refractivity contribution >= 4 is 29.1 Å². The molecular formula is C26H23FN4O4S. The lowest BCUT2D eigenvalue weighted by Gasteiger charge is -2.38. The number of aromatic nitrogens is 2. The van der Waals surface area contributed by atoms with Gasteiger partial charge in [0.05, 0.1) is 16.4 Å². The Bertz CT molecular complexity index is 1500. The third-order valence-electron chi connectivity index (χ3n) is 6.47. The van der Waals surface area contributed by atoms with Crippen LogP contribution in [0.4, 0.5) is 15.9 Å². The van der Waals surface area contributed by atoms with Crippen LogP contribution in [0.5, 0.6) is 0 Å². The Labute approximate surface area is 210 Å². The van der Waals surface area contributed by atoms with Gasteiger partial charge >= 0.3 is 0 Å². The summed E-state index contributed by atoms with van der Waals surface area (Å²) < 4.78 is 14.1. The number of halogens is 1. The first-order chi connectivity index (χ1) is 17.1. The molecule has 0 amide bonds. The molecule has 0 spiro atoms. The summed E-state index contributed by atoms with van der Waals surface area (Å²) in [6.45, 7) is 3.96. The van der Waals surface area contributed by atoms with E-state index in [-0.39, 0.29) is 57.0 Å². The Morgan fingerprint density at radius 1 is 1.14 bits per heavy atom. The molecule has 3 aromatic rings. The van der Waals surface area contributed by atoms with Crippen molar-refractivity contribution in [3.05, 3.63) is 103 Å². The predicted molar refractivity (Wildman–Crippen MR) is 134 cm³/mol. The van der Waals surface area contributed by atoms with Crippen LogP contribution in [0.15, 0.2) is 69.8 Å². The van der Waals surface area contributed by atoms with Crippen molar-refractivity contribution in [3.63, 3.8) is 0 Å². The molecule has 0 unspecified atom stereocenters. The first-order valence-electron chi connectivity index (χ1n) is 11.4. The van der Waals surface area contributed by atoms with Crippen LogP contribution in [0.1, 0.15) is 49.3 Å². The zero-order chi connectivity index (χ0) is 25.6. The molecule has 0 saturated carbocycles. The van der Waals surface area contributed by atoms with Crippen molar-refractivity contribution in [2.75, 3.05) is 5.32 Å². The highest BCUT2D eigenvalue weighted by Gasteiger charge is 2.44. The number of hydrogen-bond acceptors (Lipinski definition) is 7. The lowest BCUT2D eigenvalue weighted by atomic mass is 9.69. The number of hydrogen-bond donors (Lipinski definition) is 2. The van der Waals surface area contributed by atoms with Gasteiger partial charge in [-0.1, -0.05) is 62.0 Å². The van der Waals surface area contributed by atoms with Crippen LogP contribution in [0, 0.1) is 21.3 Å². The normalized spacial score (nSPS) is 18.3. The number of fused-ring (bicyclic) bond motifs is 1. The molecule has 0 radical (unpaired) electrons. The number of allylic oxidation sites excluding steroid dienone is 2. The number of nitro groups is 1. The zero-order valence-corrected chi connectivity index (χ0v) is 20.4. The van der Waals surface area contributed by atoms with Crippen molar-refractivity contribution in [3.8, 4) is 0 Å². The van der Waals surface area contributed by atoms with E-state index in [1.54, 1.807) is 36.4 Å². The van der Waals surface area contributed by atoms with Gasteiger partial charge in [0.25, 0.3) is 11.2 Å². The second-order valence-corrected chi connectivity index (χ2v) is 10.7. The number of ketones is 1. The maximum absolute atomic E-state index is 14.1. The van der Waals surface area contributed by atoms with E-state index in [2.05, 4.69) is 15.3 Å². The molecule has 2 heterocycles. The molecule has 0 bridgehead atoms. The summed E-state index contributed by atoms with van der Waals surface area (Å²) in [7, 11) is 0. The molecule has 2 aromatic carbocycles. The summed E-state index contributed by atoms with van der Waals surface area (Å²) in [5.74, 6) is -0.926. The highest BCUT2D eigenvalue weighted by molar-refractivity contribution is 7.98. The van der Waals surface area contributed by atoms with Gasteiger partial charge in [0.15, 0.2) is 10.9 Å². The number of benzene rings is 2. The number of nitrogens with zero attached hydrogens (tertiary/aromatic N) is 2. The Morgan fingerprint density at radius 3 is 2.61 bits per heavy atom. The van der Waals surface area contributed by atoms with Crippen LogP contribution in [-0.2, 0) is 10.5 Å². The van der Waals surface area contributed by atoms with Gasteiger partial charge in [-0.3, -0.25) is 19.7 Å². The summed E-state index contributed by atoms with van der Waals surface area (Å²) in [5, 5.41) is 15.3. The SMILES string of the molecule is CC1(C)CC(=O)C2=C(C1)Nc1nc(SCc3ccccc3F)[nH]c(=O)c1[C@@H]2c1ccccc1[N+](=O)[O-]. The van der Waals surface area contributed by atoms with Crippen LogP contribution in [0.25, 0.3) is 0 Å². The number of carbonyl (C=O) groups excluding carboxylic acids is 1. The lowest BCUT2D eigenvalue weighted by molar-refractivity contribution is -0.385. The molecular weight excluding hydrogens is 483 g/mol. The number of rotatable bonds is 5. The van der Waals surface area contributed by atoms with E-state index in [1.165, 1.54) is 23.9 Å². The highest BCUT2D eigenvalue weighted by atomic mass is 32.2. The van der Waals surface area contributed by atoms with Gasteiger partial charge in [-0.15, -0.1) is 0 Å². The minimum Gasteiger partial charge on any atom is -0.343 e. The van der Waals surface area contributed by atoms with E-state index in [1.807, 2.05) is 13.8 Å². The predicted octanol–water partition coefficient (Wildman–Crippen LogP) is 5.31. The summed E-state index contributed by atoms with van der Waals surface area (Å²) in [6, 6.07) is 12.5. The lowest BCUT2D eigenvalue weighted by Crippen LogP contribution is -2.37. The summed E-state index contributed by atoms with van der Waals surface area (Å²) in [5.41, 5.74) is 0.893. The summed E-state index contributed by atoms with van der Waals surface area (Å²) in [6.07, 6.45) is 0.790. The monoisotopic (exact) mass is 506 g/mol. The van der Waals surface area contributed by atoms with E-state index in [4.69, 9.17) is 0 Å². The fourth-order valence-electron chi connectivity index (χ4n) is 4.93. The number of nitrogens with one attached hydrogen (secondary N) is 2. The Kier molecular flexibility index (Phi) is 5.99. The smallest absolute Gasteiger partial charge is 0.273 e. The van der Waals surface area contributed by atoms with Crippen molar-refractivity contribution in [1.82, 2.24) is 9.97 Å². The van der Waals surface area contributed by atoms with E-state index in [0.717, 1.165) is 0 Å². The quantitative estimate of drug-likeness (QED) is 0.208. The third kappa shape index (κ3) is 4.32. The number of H-pyrrole nitrogens is 1. The minimum atomic E-state index is -0.927. The molecule has 1 aromatic heterocycles. The first kappa shape index (κ1) is 23.9. The third-order valence-corrected chi connectivity index (χ3v) is 7.39. The van der Waals surface area contributed by atoms with Crippen LogP contribution in [0.2, 0.25) is 0 Å². The number of thioether (sulfide) groups is 1. The molecule has 1 aliphatic carbocycles. The molecule has 2 aliphatic rings. The topological polar surface area (TPSA) is 118 Å². The fourth-order valence-corrected chi connectivity index (χ4v) is 5.78. The zero-order valence-electron chi connectivity index (χ0n) is 19.6. The number of aromatic amines is 1. The van der Waals surface area contributed by atoms with E-state index in [0.29, 0.717) is 23.3 Å². The molecule has 184 valence electrons. The van der Waals surface area contributed by atoms with Crippen LogP contribution in [0.3, 0.4) is 0 Å². The first-order valence-corrected chi connectivity index (χ1v) is 12.4. The largest absolute Gasteiger partial charge is 0.343 e. The Morgan fingerprint density at radius 2 is 1.86 bits per heavy atom. The van der Waals surface area contributed by atoms with Gasteiger partial charge in [0.2, 0.25) is 0 Å². The maximum Gasteiger partial charge on any atom is 0.273 e. The highest BCUT2D eigenvalue weighted by Crippen LogP contribution is 2.49. The Hall–Kier alpha value is -3.79. The van der Waals surface area contributed by atoms with Crippen molar-refractivity contribution in [1.29, 1.82) is 0 Å².